The summed E-state index contributed by atoms with van der Waals surface area (Å²) in [4.78, 5) is 11.6. The van der Waals surface area contributed by atoms with Gasteiger partial charge in [-0.15, -0.1) is 0 Å². The molecular weight excluding hydrogens is 370 g/mol. The number of nitrogens with zero attached hydrogens (tertiary/aromatic N) is 1. The highest BCUT2D eigenvalue weighted by Gasteiger charge is 2.01. The van der Waals surface area contributed by atoms with E-state index in [-0.39, 0.29) is 18.2 Å². The second-order valence-electron chi connectivity index (χ2n) is 4.36. The molecule has 2 aromatic rings. The van der Waals surface area contributed by atoms with Gasteiger partial charge < -0.3 is 10.4 Å². The average Bonchev–Trinajstić information content (AvgIpc) is 2.50. The monoisotopic (exact) mass is 381 g/mol. The minimum Gasteiger partial charge on any atom is -0.507 e. The van der Waals surface area contributed by atoms with Gasteiger partial charge in [0, 0.05) is 20.7 Å². The fourth-order valence-corrected chi connectivity index (χ4v) is 2.04. The number of hydrogen-bond donors (Lipinski definition) is 3. The average molecular weight is 383 g/mol. The summed E-state index contributed by atoms with van der Waals surface area (Å²) >= 11 is 9.15. The van der Waals surface area contributed by atoms with Gasteiger partial charge in [-0.1, -0.05) is 27.5 Å². The van der Waals surface area contributed by atoms with Crippen LogP contribution in [-0.2, 0) is 4.79 Å². The number of carbonyl (C=O) groups is 1. The van der Waals surface area contributed by atoms with Crippen molar-refractivity contribution < 1.29 is 9.90 Å². The number of phenolic OH excluding ortho intramolecular Hbond substituents is 1. The number of benzene rings is 2. The Hall–Kier alpha value is -2.05. The number of hydrazone groups is 1. The molecule has 2 rings (SSSR count). The van der Waals surface area contributed by atoms with E-state index in [2.05, 4.69) is 31.8 Å². The van der Waals surface area contributed by atoms with Crippen LogP contribution in [0, 0.1) is 0 Å². The fourth-order valence-electron chi connectivity index (χ4n) is 1.59. The number of rotatable bonds is 5. The van der Waals surface area contributed by atoms with Crippen molar-refractivity contribution in [2.75, 3.05) is 11.9 Å². The summed E-state index contributed by atoms with van der Waals surface area (Å²) < 4.78 is 0.966. The van der Waals surface area contributed by atoms with E-state index in [0.29, 0.717) is 10.6 Å². The van der Waals surface area contributed by atoms with Gasteiger partial charge in [0.1, 0.15) is 5.75 Å². The number of carbonyl (C=O) groups excluding carboxylic acids is 1. The number of aromatic hydroxyl groups is 1. The van der Waals surface area contributed by atoms with Crippen molar-refractivity contribution in [3.63, 3.8) is 0 Å². The molecular formula is C15H13BrClN3O2. The Balaban J connectivity index is 1.83. The molecule has 0 unspecified atom stereocenters. The Morgan fingerprint density at radius 1 is 1.27 bits per heavy atom. The molecule has 0 aliphatic heterocycles. The minimum absolute atomic E-state index is 0.0374. The van der Waals surface area contributed by atoms with Crippen LogP contribution in [0.2, 0.25) is 5.02 Å². The van der Waals surface area contributed by atoms with Gasteiger partial charge in [0.15, 0.2) is 0 Å². The summed E-state index contributed by atoms with van der Waals surface area (Å²) in [5.41, 5.74) is 3.62. The molecule has 22 heavy (non-hydrogen) atoms. The second-order valence-corrected chi connectivity index (χ2v) is 5.71. The fraction of sp³-hybridized carbons (Fsp3) is 0.0667. The van der Waals surface area contributed by atoms with Gasteiger partial charge in [0.25, 0.3) is 5.91 Å². The van der Waals surface area contributed by atoms with Gasteiger partial charge in [0.05, 0.1) is 12.8 Å². The van der Waals surface area contributed by atoms with E-state index >= 15 is 0 Å². The lowest BCUT2D eigenvalue weighted by Crippen LogP contribution is -2.25. The highest BCUT2D eigenvalue weighted by atomic mass is 79.9. The molecule has 0 heterocycles. The number of nitrogens with one attached hydrogen (secondary N) is 2. The molecule has 0 aliphatic carbocycles. The number of hydrogen-bond acceptors (Lipinski definition) is 4. The molecule has 0 atom stereocenters. The lowest BCUT2D eigenvalue weighted by Gasteiger charge is -2.05. The van der Waals surface area contributed by atoms with Crippen LogP contribution in [-0.4, -0.2) is 23.8 Å². The molecule has 2 aromatic carbocycles. The molecule has 0 bridgehead atoms. The SMILES string of the molecule is O=C(CNc1ccc(Br)cc1)N/N=C/c1cc(Cl)ccc1O. The van der Waals surface area contributed by atoms with Gasteiger partial charge >= 0.3 is 0 Å². The van der Waals surface area contributed by atoms with Crippen LogP contribution in [0.15, 0.2) is 52.0 Å². The molecule has 3 N–H and O–H groups in total. The molecule has 0 saturated carbocycles. The summed E-state index contributed by atoms with van der Waals surface area (Å²) in [5, 5.41) is 16.8. The van der Waals surface area contributed by atoms with E-state index in [1.54, 1.807) is 12.1 Å². The maximum absolute atomic E-state index is 11.6. The smallest absolute Gasteiger partial charge is 0.259 e. The zero-order valence-corrected chi connectivity index (χ0v) is 13.7. The van der Waals surface area contributed by atoms with Crippen LogP contribution >= 0.6 is 27.5 Å². The minimum atomic E-state index is -0.305. The van der Waals surface area contributed by atoms with E-state index in [4.69, 9.17) is 11.6 Å². The molecule has 0 spiro atoms. The van der Waals surface area contributed by atoms with E-state index in [1.807, 2.05) is 24.3 Å². The Morgan fingerprint density at radius 3 is 2.73 bits per heavy atom. The summed E-state index contributed by atoms with van der Waals surface area (Å²) in [5.74, 6) is -0.268. The molecule has 5 nitrogen and oxygen atoms in total. The molecule has 1 amide bonds. The first kappa shape index (κ1) is 16.3. The van der Waals surface area contributed by atoms with Crippen molar-refractivity contribution in [3.05, 3.63) is 57.5 Å². The van der Waals surface area contributed by atoms with Crippen LogP contribution in [0.3, 0.4) is 0 Å². The van der Waals surface area contributed by atoms with Crippen molar-refractivity contribution >= 4 is 45.3 Å². The van der Waals surface area contributed by atoms with E-state index in [9.17, 15) is 9.90 Å². The summed E-state index contributed by atoms with van der Waals surface area (Å²) in [6, 6.07) is 12.0. The Labute approximate surface area is 141 Å². The van der Waals surface area contributed by atoms with Gasteiger partial charge in [-0.05, 0) is 42.5 Å². The first-order valence-electron chi connectivity index (χ1n) is 6.34. The first-order chi connectivity index (χ1) is 10.5. The summed E-state index contributed by atoms with van der Waals surface area (Å²) in [7, 11) is 0. The normalized spacial score (nSPS) is 10.6. The third-order valence-corrected chi connectivity index (χ3v) is 3.44. The Morgan fingerprint density at radius 2 is 2.00 bits per heavy atom. The summed E-state index contributed by atoms with van der Waals surface area (Å²) in [6.45, 7) is 0.0838. The third-order valence-electron chi connectivity index (χ3n) is 2.68. The van der Waals surface area contributed by atoms with E-state index in [0.717, 1.165) is 10.2 Å². The number of phenols is 1. The maximum atomic E-state index is 11.6. The lowest BCUT2D eigenvalue weighted by atomic mass is 10.2. The van der Waals surface area contributed by atoms with E-state index in [1.165, 1.54) is 12.3 Å². The maximum Gasteiger partial charge on any atom is 0.259 e. The van der Waals surface area contributed by atoms with Crippen LogP contribution in [0.5, 0.6) is 5.75 Å². The zero-order valence-electron chi connectivity index (χ0n) is 11.4. The lowest BCUT2D eigenvalue weighted by molar-refractivity contribution is -0.119. The van der Waals surface area contributed by atoms with Crippen molar-refractivity contribution in [1.82, 2.24) is 5.43 Å². The predicted octanol–water partition coefficient (Wildman–Crippen LogP) is 3.37. The van der Waals surface area contributed by atoms with Crippen LogP contribution in [0.4, 0.5) is 5.69 Å². The highest BCUT2D eigenvalue weighted by Crippen LogP contribution is 2.19. The van der Waals surface area contributed by atoms with Gasteiger partial charge in [0.2, 0.25) is 0 Å². The molecule has 0 radical (unpaired) electrons. The van der Waals surface area contributed by atoms with Gasteiger partial charge in [-0.25, -0.2) is 5.43 Å². The molecule has 0 aromatic heterocycles. The number of halogens is 2. The molecule has 0 aliphatic rings. The predicted molar refractivity (Wildman–Crippen MR) is 91.5 cm³/mol. The van der Waals surface area contributed by atoms with Gasteiger partial charge in [-0.3, -0.25) is 4.79 Å². The van der Waals surface area contributed by atoms with Crippen LogP contribution < -0.4 is 10.7 Å². The molecule has 0 saturated heterocycles. The second kappa shape index (κ2) is 7.82. The third kappa shape index (κ3) is 5.05. The van der Waals surface area contributed by atoms with E-state index < -0.39 is 0 Å². The first-order valence-corrected chi connectivity index (χ1v) is 7.51. The number of anilines is 1. The van der Waals surface area contributed by atoms with Crippen LogP contribution in [0.1, 0.15) is 5.56 Å². The molecule has 0 fully saturated rings. The largest absolute Gasteiger partial charge is 0.507 e. The van der Waals surface area contributed by atoms with Crippen molar-refractivity contribution in [3.8, 4) is 5.75 Å². The number of amides is 1. The standard InChI is InChI=1S/C15H13BrClN3O2/c16-11-1-4-13(5-2-11)18-9-15(22)20-19-8-10-7-12(17)3-6-14(10)21/h1-8,18,21H,9H2,(H,20,22)/b19-8+. The van der Waals surface area contributed by atoms with Crippen LogP contribution in [0.25, 0.3) is 0 Å². The molecule has 114 valence electrons. The van der Waals surface area contributed by atoms with Crippen molar-refractivity contribution in [2.45, 2.75) is 0 Å². The zero-order chi connectivity index (χ0) is 15.9. The quantitative estimate of drug-likeness (QED) is 0.548. The Bertz CT molecular complexity index is 690. The van der Waals surface area contributed by atoms with Crippen molar-refractivity contribution in [2.24, 2.45) is 5.10 Å². The molecule has 7 heteroatoms. The highest BCUT2D eigenvalue weighted by molar-refractivity contribution is 9.10. The van der Waals surface area contributed by atoms with Crippen molar-refractivity contribution in [1.29, 1.82) is 0 Å². The summed E-state index contributed by atoms with van der Waals surface area (Å²) in [6.07, 6.45) is 1.33. The Kier molecular flexibility index (Phi) is 5.80. The van der Waals surface area contributed by atoms with Gasteiger partial charge in [-0.2, -0.15) is 5.10 Å². The topological polar surface area (TPSA) is 73.7 Å².